The second-order valence-electron chi connectivity index (χ2n) is 5.82. The van der Waals surface area contributed by atoms with E-state index < -0.39 is 0 Å². The second-order valence-corrected chi connectivity index (χ2v) is 5.82. The lowest BCUT2D eigenvalue weighted by atomic mass is 9.87. The first kappa shape index (κ1) is 14.3. The van der Waals surface area contributed by atoms with Crippen molar-refractivity contribution in [3.8, 4) is 0 Å². The van der Waals surface area contributed by atoms with Crippen molar-refractivity contribution in [2.75, 3.05) is 0 Å². The van der Waals surface area contributed by atoms with E-state index in [9.17, 15) is 0 Å². The molecule has 0 saturated heterocycles. The first-order valence-electron chi connectivity index (χ1n) is 7.79. The molecule has 21 heavy (non-hydrogen) atoms. The van der Waals surface area contributed by atoms with E-state index in [1.165, 1.54) is 17.5 Å². The predicted molar refractivity (Wildman–Crippen MR) is 86.0 cm³/mol. The average Bonchev–Trinajstić information content (AvgIpc) is 2.53. The Labute approximate surface area is 127 Å². The Bertz CT molecular complexity index is 540. The van der Waals surface area contributed by atoms with E-state index in [-0.39, 0.29) is 0 Å². The zero-order valence-corrected chi connectivity index (χ0v) is 12.5. The normalized spacial score (nSPS) is 22.5. The molecule has 0 unspecified atom stereocenters. The molecule has 0 radical (unpaired) electrons. The van der Waals surface area contributed by atoms with Gasteiger partial charge in [-0.05, 0) is 30.9 Å². The number of rotatable bonds is 6. The van der Waals surface area contributed by atoms with Gasteiger partial charge in [0, 0.05) is 12.1 Å². The van der Waals surface area contributed by atoms with E-state index in [0.29, 0.717) is 24.8 Å². The molecule has 3 atom stereocenters. The van der Waals surface area contributed by atoms with Crippen LogP contribution in [0.1, 0.15) is 36.9 Å². The van der Waals surface area contributed by atoms with Crippen LogP contribution in [0.25, 0.3) is 0 Å². The Morgan fingerprint density at radius 1 is 1.00 bits per heavy atom. The lowest BCUT2D eigenvalue weighted by molar-refractivity contribution is -0.0387. The summed E-state index contributed by atoms with van der Waals surface area (Å²) < 4.78 is 6.05. The van der Waals surface area contributed by atoms with Gasteiger partial charge >= 0.3 is 0 Å². The van der Waals surface area contributed by atoms with Gasteiger partial charge in [-0.25, -0.2) is 0 Å². The van der Waals surface area contributed by atoms with Crippen LogP contribution >= 0.6 is 0 Å². The van der Waals surface area contributed by atoms with Gasteiger partial charge < -0.3 is 10.1 Å². The minimum atomic E-state index is 0.344. The fourth-order valence-electron chi connectivity index (χ4n) is 2.80. The monoisotopic (exact) mass is 281 g/mol. The van der Waals surface area contributed by atoms with Crippen LogP contribution in [-0.4, -0.2) is 12.1 Å². The molecule has 1 aliphatic rings. The zero-order valence-electron chi connectivity index (χ0n) is 12.5. The molecule has 1 N–H and O–H groups in total. The van der Waals surface area contributed by atoms with Crippen molar-refractivity contribution in [2.45, 2.75) is 44.6 Å². The molecule has 0 spiro atoms. The molecule has 0 aliphatic heterocycles. The smallest absolute Gasteiger partial charge is 0.0733 e. The third kappa shape index (κ3) is 3.72. The lowest BCUT2D eigenvalue weighted by Gasteiger charge is -2.39. The molecular weight excluding hydrogens is 258 g/mol. The molecule has 3 rings (SSSR count). The van der Waals surface area contributed by atoms with Crippen molar-refractivity contribution in [3.63, 3.8) is 0 Å². The van der Waals surface area contributed by atoms with E-state index in [2.05, 4.69) is 66.8 Å². The molecule has 0 amide bonds. The van der Waals surface area contributed by atoms with Gasteiger partial charge in [0.25, 0.3) is 0 Å². The van der Waals surface area contributed by atoms with Crippen LogP contribution in [0, 0.1) is 0 Å². The molecule has 0 bridgehead atoms. The van der Waals surface area contributed by atoms with Gasteiger partial charge in [-0.15, -0.1) is 0 Å². The second kappa shape index (κ2) is 6.88. The third-order valence-electron chi connectivity index (χ3n) is 4.28. The highest BCUT2D eigenvalue weighted by atomic mass is 16.5. The Morgan fingerprint density at radius 3 is 2.29 bits per heavy atom. The van der Waals surface area contributed by atoms with E-state index in [0.717, 1.165) is 6.42 Å². The Morgan fingerprint density at radius 2 is 1.67 bits per heavy atom. The maximum atomic E-state index is 6.05. The molecular formula is C19H23NO. The molecule has 2 nitrogen and oxygen atoms in total. The van der Waals surface area contributed by atoms with E-state index in [1.54, 1.807) is 0 Å². The first-order valence-corrected chi connectivity index (χ1v) is 7.79. The van der Waals surface area contributed by atoms with Gasteiger partial charge in [0.2, 0.25) is 0 Å². The number of nitrogens with one attached hydrogen (secondary N) is 1. The van der Waals surface area contributed by atoms with Crippen LogP contribution in [0.15, 0.2) is 60.7 Å². The van der Waals surface area contributed by atoms with E-state index >= 15 is 0 Å². The van der Waals surface area contributed by atoms with Crippen LogP contribution < -0.4 is 5.32 Å². The summed E-state index contributed by atoms with van der Waals surface area (Å²) in [6.07, 6.45) is 2.71. The third-order valence-corrected chi connectivity index (χ3v) is 4.28. The maximum absolute atomic E-state index is 6.05. The molecule has 110 valence electrons. The molecule has 2 aromatic rings. The van der Waals surface area contributed by atoms with Gasteiger partial charge in [0.1, 0.15) is 0 Å². The molecule has 1 fully saturated rings. The van der Waals surface area contributed by atoms with Crippen LogP contribution in [0.3, 0.4) is 0 Å². The van der Waals surface area contributed by atoms with Crippen LogP contribution in [0.5, 0.6) is 0 Å². The van der Waals surface area contributed by atoms with Gasteiger partial charge in [-0.2, -0.15) is 0 Å². The molecule has 2 aromatic carbocycles. The van der Waals surface area contributed by atoms with Crippen molar-refractivity contribution in [1.82, 2.24) is 5.32 Å². The summed E-state index contributed by atoms with van der Waals surface area (Å²) >= 11 is 0. The topological polar surface area (TPSA) is 21.3 Å². The van der Waals surface area contributed by atoms with Crippen molar-refractivity contribution < 1.29 is 4.74 Å². The van der Waals surface area contributed by atoms with Crippen LogP contribution in [-0.2, 0) is 11.3 Å². The zero-order chi connectivity index (χ0) is 14.5. The summed E-state index contributed by atoms with van der Waals surface area (Å²) in [6.45, 7) is 2.94. The highest BCUT2D eigenvalue weighted by molar-refractivity contribution is 5.18. The van der Waals surface area contributed by atoms with Gasteiger partial charge in [-0.3, -0.25) is 0 Å². The summed E-state index contributed by atoms with van der Waals surface area (Å²) in [4.78, 5) is 0. The summed E-state index contributed by atoms with van der Waals surface area (Å²) in [5.74, 6) is 0. The number of hydrogen-bond acceptors (Lipinski definition) is 2. The minimum Gasteiger partial charge on any atom is -0.372 e. The van der Waals surface area contributed by atoms with Crippen molar-refractivity contribution in [3.05, 3.63) is 71.8 Å². The summed E-state index contributed by atoms with van der Waals surface area (Å²) in [5.41, 5.74) is 2.59. The van der Waals surface area contributed by atoms with E-state index in [4.69, 9.17) is 4.74 Å². The van der Waals surface area contributed by atoms with Crippen molar-refractivity contribution in [2.24, 2.45) is 0 Å². The molecule has 0 aromatic heterocycles. The number of benzene rings is 2. The maximum Gasteiger partial charge on any atom is 0.0733 e. The number of hydrogen-bond donors (Lipinski definition) is 1. The van der Waals surface area contributed by atoms with Crippen LogP contribution in [0.2, 0.25) is 0 Å². The SMILES string of the molecule is C[C@H](N[C@H]1CC[C@H]1OCc1ccccc1)c1ccccc1. The number of ether oxygens (including phenoxy) is 1. The highest BCUT2D eigenvalue weighted by Crippen LogP contribution is 2.27. The summed E-state index contributed by atoms with van der Waals surface area (Å²) in [6, 6.07) is 21.9. The average molecular weight is 281 g/mol. The van der Waals surface area contributed by atoms with Crippen molar-refractivity contribution in [1.29, 1.82) is 0 Å². The Hall–Kier alpha value is -1.64. The first-order chi connectivity index (χ1) is 10.3. The van der Waals surface area contributed by atoms with Crippen LogP contribution in [0.4, 0.5) is 0 Å². The molecule has 0 heterocycles. The Balaban J connectivity index is 1.49. The molecule has 1 aliphatic carbocycles. The molecule has 1 saturated carbocycles. The van der Waals surface area contributed by atoms with Crippen molar-refractivity contribution >= 4 is 0 Å². The highest BCUT2D eigenvalue weighted by Gasteiger charge is 2.32. The quantitative estimate of drug-likeness (QED) is 0.861. The lowest BCUT2D eigenvalue weighted by Crippen LogP contribution is -2.49. The summed E-state index contributed by atoms with van der Waals surface area (Å²) in [7, 11) is 0. The standard InChI is InChI=1S/C19H23NO/c1-15(17-10-6-3-7-11-17)20-18-12-13-19(18)21-14-16-8-4-2-5-9-16/h2-11,15,18-20H,12-14H2,1H3/t15-,18-,19+/m0/s1. The molecule has 2 heteroatoms. The predicted octanol–water partition coefficient (Wildman–Crippen LogP) is 4.09. The fraction of sp³-hybridized carbons (Fsp3) is 0.368. The Kier molecular flexibility index (Phi) is 4.69. The minimum absolute atomic E-state index is 0.344. The van der Waals surface area contributed by atoms with E-state index in [1.807, 2.05) is 6.07 Å². The van der Waals surface area contributed by atoms with Gasteiger partial charge in [0.05, 0.1) is 12.7 Å². The van der Waals surface area contributed by atoms with Gasteiger partial charge in [-0.1, -0.05) is 60.7 Å². The van der Waals surface area contributed by atoms with Gasteiger partial charge in [0.15, 0.2) is 0 Å². The summed E-state index contributed by atoms with van der Waals surface area (Å²) in [5, 5.41) is 3.69. The largest absolute Gasteiger partial charge is 0.372 e. The fourth-order valence-corrected chi connectivity index (χ4v) is 2.80.